The van der Waals surface area contributed by atoms with E-state index in [0.717, 1.165) is 25.0 Å². The lowest BCUT2D eigenvalue weighted by atomic mass is 10.0. The first-order valence-electron chi connectivity index (χ1n) is 7.83. The summed E-state index contributed by atoms with van der Waals surface area (Å²) in [7, 11) is 0. The number of unbranched alkanes of at least 4 members (excludes halogenated alkanes) is 1. The van der Waals surface area contributed by atoms with Crippen LogP contribution < -0.4 is 15.8 Å². The zero-order valence-corrected chi connectivity index (χ0v) is 13.0. The average Bonchev–Trinajstić information content (AvgIpc) is 3.27. The molecule has 1 aromatic carbocycles. The number of nitrogens with one attached hydrogen (secondary N) is 1. The van der Waals surface area contributed by atoms with Gasteiger partial charge in [0.25, 0.3) is 0 Å². The normalized spacial score (nSPS) is 17.2. The molecule has 0 aliphatic heterocycles. The monoisotopic (exact) mass is 290 g/mol. The third-order valence-corrected chi connectivity index (χ3v) is 3.91. The first kappa shape index (κ1) is 15.8. The van der Waals surface area contributed by atoms with E-state index in [1.165, 1.54) is 18.4 Å². The zero-order chi connectivity index (χ0) is 15.3. The van der Waals surface area contributed by atoms with Crippen LogP contribution in [-0.2, 0) is 11.2 Å². The predicted octanol–water partition coefficient (Wildman–Crippen LogP) is 2.40. The Morgan fingerprint density at radius 3 is 2.57 bits per heavy atom. The number of primary amides is 1. The molecule has 3 N–H and O–H groups in total. The van der Waals surface area contributed by atoms with Crippen molar-refractivity contribution in [3.8, 4) is 5.75 Å². The molecule has 21 heavy (non-hydrogen) atoms. The van der Waals surface area contributed by atoms with Gasteiger partial charge in [-0.05, 0) is 50.3 Å². The topological polar surface area (TPSA) is 64.3 Å². The molecule has 0 radical (unpaired) electrons. The van der Waals surface area contributed by atoms with Gasteiger partial charge in [0.15, 0.2) is 0 Å². The molecule has 116 valence electrons. The number of benzene rings is 1. The average molecular weight is 290 g/mol. The SMILES string of the molecule is CCCCc1ccc(OCC(C)(NC2CC2)C(N)=O)cc1. The van der Waals surface area contributed by atoms with Crippen LogP contribution in [0.3, 0.4) is 0 Å². The van der Waals surface area contributed by atoms with Gasteiger partial charge in [-0.1, -0.05) is 25.5 Å². The summed E-state index contributed by atoms with van der Waals surface area (Å²) in [5, 5.41) is 3.28. The number of aryl methyl sites for hydroxylation is 1. The van der Waals surface area contributed by atoms with Crippen LogP contribution in [0.15, 0.2) is 24.3 Å². The van der Waals surface area contributed by atoms with E-state index < -0.39 is 5.54 Å². The Morgan fingerprint density at radius 1 is 1.38 bits per heavy atom. The molecule has 0 spiro atoms. The number of carbonyl (C=O) groups excluding carboxylic acids is 1. The molecule has 1 aliphatic rings. The van der Waals surface area contributed by atoms with Crippen molar-refractivity contribution >= 4 is 5.91 Å². The molecule has 4 heteroatoms. The molecule has 1 aliphatic carbocycles. The van der Waals surface area contributed by atoms with E-state index in [2.05, 4.69) is 24.4 Å². The summed E-state index contributed by atoms with van der Waals surface area (Å²) >= 11 is 0. The summed E-state index contributed by atoms with van der Waals surface area (Å²) in [6.45, 7) is 4.26. The maximum absolute atomic E-state index is 11.7. The summed E-state index contributed by atoms with van der Waals surface area (Å²) in [5.41, 5.74) is 6.02. The lowest BCUT2D eigenvalue weighted by Gasteiger charge is -2.27. The highest BCUT2D eigenvalue weighted by Gasteiger charge is 2.37. The van der Waals surface area contributed by atoms with E-state index in [4.69, 9.17) is 10.5 Å². The smallest absolute Gasteiger partial charge is 0.240 e. The number of amides is 1. The van der Waals surface area contributed by atoms with Gasteiger partial charge in [-0.15, -0.1) is 0 Å². The van der Waals surface area contributed by atoms with Crippen LogP contribution in [-0.4, -0.2) is 24.1 Å². The second kappa shape index (κ2) is 6.94. The van der Waals surface area contributed by atoms with Gasteiger partial charge in [0.05, 0.1) is 0 Å². The zero-order valence-electron chi connectivity index (χ0n) is 13.0. The van der Waals surface area contributed by atoms with Crippen molar-refractivity contribution < 1.29 is 9.53 Å². The van der Waals surface area contributed by atoms with Crippen molar-refractivity contribution in [3.63, 3.8) is 0 Å². The van der Waals surface area contributed by atoms with E-state index in [9.17, 15) is 4.79 Å². The number of hydrogen-bond acceptors (Lipinski definition) is 3. The standard InChI is InChI=1S/C17H26N2O2/c1-3-4-5-13-6-10-15(11-7-13)21-12-17(2,16(18)20)19-14-8-9-14/h6-7,10-11,14,19H,3-5,8-9,12H2,1-2H3,(H2,18,20). The largest absolute Gasteiger partial charge is 0.491 e. The van der Waals surface area contributed by atoms with Crippen molar-refractivity contribution in [2.24, 2.45) is 5.73 Å². The summed E-state index contributed by atoms with van der Waals surface area (Å²) in [6.07, 6.45) is 5.70. The molecule has 0 saturated heterocycles. The van der Waals surface area contributed by atoms with Gasteiger partial charge in [-0.2, -0.15) is 0 Å². The minimum absolute atomic E-state index is 0.257. The van der Waals surface area contributed by atoms with E-state index in [1.54, 1.807) is 0 Å². The van der Waals surface area contributed by atoms with Gasteiger partial charge in [0.1, 0.15) is 17.9 Å². The molecule has 0 bridgehead atoms. The quantitative estimate of drug-likeness (QED) is 0.734. The Bertz CT molecular complexity index is 468. The Balaban J connectivity index is 1.89. The Labute approximate surface area is 127 Å². The summed E-state index contributed by atoms with van der Waals surface area (Å²) in [5.74, 6) is 0.411. The molecule has 2 rings (SSSR count). The minimum atomic E-state index is -0.804. The Kier molecular flexibility index (Phi) is 5.23. The number of carbonyl (C=O) groups is 1. The summed E-state index contributed by atoms with van der Waals surface area (Å²) in [4.78, 5) is 11.7. The van der Waals surface area contributed by atoms with Crippen molar-refractivity contribution in [2.75, 3.05) is 6.61 Å². The number of nitrogens with two attached hydrogens (primary N) is 1. The molecule has 4 nitrogen and oxygen atoms in total. The molecular weight excluding hydrogens is 264 g/mol. The predicted molar refractivity (Wildman–Crippen MR) is 84.3 cm³/mol. The third kappa shape index (κ3) is 4.74. The third-order valence-electron chi connectivity index (χ3n) is 3.91. The van der Waals surface area contributed by atoms with Gasteiger partial charge in [0.2, 0.25) is 5.91 Å². The molecule has 1 unspecified atom stereocenters. The van der Waals surface area contributed by atoms with E-state index in [-0.39, 0.29) is 12.5 Å². The van der Waals surface area contributed by atoms with Crippen LogP contribution in [0.25, 0.3) is 0 Å². The second-order valence-corrected chi connectivity index (χ2v) is 6.15. The van der Waals surface area contributed by atoms with Crippen LogP contribution in [0, 0.1) is 0 Å². The molecule has 1 saturated carbocycles. The van der Waals surface area contributed by atoms with Crippen LogP contribution in [0.2, 0.25) is 0 Å². The molecule has 0 aromatic heterocycles. The maximum Gasteiger partial charge on any atom is 0.240 e. The minimum Gasteiger partial charge on any atom is -0.491 e. The lowest BCUT2D eigenvalue weighted by Crippen LogP contribution is -2.57. The highest BCUT2D eigenvalue weighted by atomic mass is 16.5. The van der Waals surface area contributed by atoms with Crippen molar-refractivity contribution in [1.29, 1.82) is 0 Å². The van der Waals surface area contributed by atoms with Crippen LogP contribution in [0.4, 0.5) is 0 Å². The number of rotatable bonds is 9. The molecule has 1 fully saturated rings. The Morgan fingerprint density at radius 2 is 2.05 bits per heavy atom. The second-order valence-electron chi connectivity index (χ2n) is 6.15. The van der Waals surface area contributed by atoms with Crippen molar-refractivity contribution in [1.82, 2.24) is 5.32 Å². The van der Waals surface area contributed by atoms with Crippen molar-refractivity contribution in [2.45, 2.75) is 57.5 Å². The molecular formula is C17H26N2O2. The molecule has 1 atom stereocenters. The first-order valence-corrected chi connectivity index (χ1v) is 7.83. The van der Waals surface area contributed by atoms with Crippen LogP contribution >= 0.6 is 0 Å². The first-order chi connectivity index (χ1) is 10.0. The lowest BCUT2D eigenvalue weighted by molar-refractivity contribution is -0.125. The van der Waals surface area contributed by atoms with Crippen LogP contribution in [0.5, 0.6) is 5.75 Å². The molecule has 0 heterocycles. The molecule has 1 aromatic rings. The fraction of sp³-hybridized carbons (Fsp3) is 0.588. The van der Waals surface area contributed by atoms with Crippen molar-refractivity contribution in [3.05, 3.63) is 29.8 Å². The molecule has 1 amide bonds. The van der Waals surface area contributed by atoms with Gasteiger partial charge in [-0.25, -0.2) is 0 Å². The van der Waals surface area contributed by atoms with Gasteiger partial charge < -0.3 is 10.5 Å². The summed E-state index contributed by atoms with van der Waals surface area (Å²) in [6, 6.07) is 8.50. The highest BCUT2D eigenvalue weighted by molar-refractivity contribution is 5.84. The van der Waals surface area contributed by atoms with Gasteiger partial charge >= 0.3 is 0 Å². The van der Waals surface area contributed by atoms with E-state index in [1.807, 2.05) is 19.1 Å². The van der Waals surface area contributed by atoms with Gasteiger partial charge in [-0.3, -0.25) is 10.1 Å². The fourth-order valence-corrected chi connectivity index (χ4v) is 2.22. The maximum atomic E-state index is 11.7. The van der Waals surface area contributed by atoms with E-state index >= 15 is 0 Å². The Hall–Kier alpha value is -1.55. The van der Waals surface area contributed by atoms with Crippen LogP contribution in [0.1, 0.15) is 45.1 Å². The number of hydrogen-bond donors (Lipinski definition) is 2. The highest BCUT2D eigenvalue weighted by Crippen LogP contribution is 2.23. The van der Waals surface area contributed by atoms with Gasteiger partial charge in [0, 0.05) is 6.04 Å². The fourth-order valence-electron chi connectivity index (χ4n) is 2.22. The van der Waals surface area contributed by atoms with E-state index in [0.29, 0.717) is 6.04 Å². The summed E-state index contributed by atoms with van der Waals surface area (Å²) < 4.78 is 5.76. The number of ether oxygens (including phenoxy) is 1.